The Morgan fingerprint density at radius 1 is 0.848 bits per heavy atom. The number of benzene rings is 1. The van der Waals surface area contributed by atoms with Crippen LogP contribution in [-0.2, 0) is 22.4 Å². The first-order chi connectivity index (χ1) is 21.8. The Kier molecular flexibility index (Phi) is 25.3. The summed E-state index contributed by atoms with van der Waals surface area (Å²) in [7, 11) is 0. The lowest BCUT2D eigenvalue weighted by Crippen LogP contribution is -2.27. The molecule has 1 rings (SSSR count). The third-order valence-electron chi connectivity index (χ3n) is 8.27. The summed E-state index contributed by atoms with van der Waals surface area (Å²) in [6, 6.07) is 11.6. The zero-order valence-electron chi connectivity index (χ0n) is 30.3. The number of allylic oxidation sites excluding steroid dienone is 3. The molecule has 46 heavy (non-hydrogen) atoms. The van der Waals surface area contributed by atoms with Crippen LogP contribution < -0.4 is 5.32 Å². The number of Topliss-reactive ketones (excluding diaryl/α,β-unsaturated/α-hetero) is 2. The van der Waals surface area contributed by atoms with Crippen molar-refractivity contribution in [1.29, 1.82) is 0 Å². The zero-order valence-corrected chi connectivity index (χ0v) is 30.3. The Bertz CT molecular complexity index is 1060. The highest BCUT2D eigenvalue weighted by Crippen LogP contribution is 2.16. The van der Waals surface area contributed by atoms with Gasteiger partial charge in [0.15, 0.2) is 0 Å². The van der Waals surface area contributed by atoms with Gasteiger partial charge < -0.3 is 10.4 Å². The maximum absolute atomic E-state index is 11.8. The monoisotopic (exact) mass is 634 g/mol. The van der Waals surface area contributed by atoms with Gasteiger partial charge in [-0.2, -0.15) is 0 Å². The van der Waals surface area contributed by atoms with E-state index in [0.29, 0.717) is 18.6 Å². The number of aliphatic hydroxyl groups excluding tert-OH is 1. The fourth-order valence-electron chi connectivity index (χ4n) is 5.23. The van der Waals surface area contributed by atoms with Gasteiger partial charge in [0.1, 0.15) is 11.6 Å². The maximum atomic E-state index is 11.8. The lowest BCUT2D eigenvalue weighted by Gasteiger charge is -2.16. The summed E-state index contributed by atoms with van der Waals surface area (Å²) in [4.78, 5) is 23.3. The van der Waals surface area contributed by atoms with Crippen molar-refractivity contribution in [3.63, 3.8) is 0 Å². The third kappa shape index (κ3) is 25.2. The first kappa shape index (κ1) is 42.9. The molecule has 0 saturated carbocycles. The number of terminal acetylenes is 1. The van der Waals surface area contributed by atoms with Crippen molar-refractivity contribution in [2.75, 3.05) is 0 Å². The van der Waals surface area contributed by atoms with Crippen molar-refractivity contribution in [2.24, 2.45) is 17.8 Å². The van der Waals surface area contributed by atoms with Crippen LogP contribution in [-0.4, -0.2) is 22.7 Å². The second kappa shape index (κ2) is 27.1. The van der Waals surface area contributed by atoms with Gasteiger partial charge in [0.05, 0.1) is 11.8 Å². The van der Waals surface area contributed by atoms with E-state index in [1.807, 2.05) is 13.0 Å². The van der Waals surface area contributed by atoms with Crippen LogP contribution in [0.15, 0.2) is 60.9 Å². The molecule has 0 aliphatic rings. The van der Waals surface area contributed by atoms with E-state index in [2.05, 4.69) is 82.6 Å². The smallest absolute Gasteiger partial charge is 0.133 e. The topological polar surface area (TPSA) is 66.4 Å². The summed E-state index contributed by atoms with van der Waals surface area (Å²) in [5.41, 5.74) is 3.79. The van der Waals surface area contributed by atoms with Crippen LogP contribution in [0.25, 0.3) is 0 Å². The summed E-state index contributed by atoms with van der Waals surface area (Å²) < 4.78 is 0. The molecule has 0 heterocycles. The molecule has 1 aromatic carbocycles. The van der Waals surface area contributed by atoms with E-state index in [9.17, 15) is 14.7 Å². The van der Waals surface area contributed by atoms with Crippen LogP contribution in [0.3, 0.4) is 0 Å². The number of ketones is 2. The van der Waals surface area contributed by atoms with Crippen molar-refractivity contribution >= 4 is 11.6 Å². The highest BCUT2D eigenvalue weighted by Gasteiger charge is 2.13. The Morgan fingerprint density at radius 3 is 1.96 bits per heavy atom. The van der Waals surface area contributed by atoms with Crippen LogP contribution in [0.5, 0.6) is 0 Å². The van der Waals surface area contributed by atoms with Gasteiger partial charge in [-0.15, -0.1) is 0 Å². The van der Waals surface area contributed by atoms with Gasteiger partial charge in [0.2, 0.25) is 0 Å². The largest absolute Gasteiger partial charge is 0.513 e. The van der Waals surface area contributed by atoms with Crippen molar-refractivity contribution in [3.8, 4) is 12.5 Å². The Labute approximate surface area is 283 Å². The molecule has 2 unspecified atom stereocenters. The predicted molar refractivity (Wildman–Crippen MR) is 199 cm³/mol. The molecule has 0 fully saturated rings. The summed E-state index contributed by atoms with van der Waals surface area (Å²) in [6.45, 7) is 20.0. The Balaban J connectivity index is 0.000000909. The molecule has 0 bridgehead atoms. The fourth-order valence-corrected chi connectivity index (χ4v) is 5.23. The van der Waals surface area contributed by atoms with Crippen molar-refractivity contribution in [3.05, 3.63) is 72.0 Å². The number of unbranched alkanes of at least 4 members (excludes halogenated alkanes) is 5. The van der Waals surface area contributed by atoms with Crippen LogP contribution >= 0.6 is 0 Å². The first-order valence-electron chi connectivity index (χ1n) is 17.8. The SMILES string of the molecule is C#CNC(Cc1ccc(CCCC(C)C)cc1)C(=C)C.C=C(O)CC(C/C=C/CCCCCCC(=O)CCCCC(C)C)C(C)=O. The number of carbonyl (C=O) groups is 2. The number of rotatable bonds is 25. The van der Waals surface area contributed by atoms with Crippen LogP contribution in [0.4, 0.5) is 0 Å². The van der Waals surface area contributed by atoms with Gasteiger partial charge in [-0.1, -0.05) is 121 Å². The highest BCUT2D eigenvalue weighted by molar-refractivity contribution is 5.78. The van der Waals surface area contributed by atoms with Crippen molar-refractivity contribution < 1.29 is 14.7 Å². The minimum absolute atomic E-state index is 0.0769. The molecule has 2 N–H and O–H groups in total. The van der Waals surface area contributed by atoms with Crippen LogP contribution in [0.2, 0.25) is 0 Å². The summed E-state index contributed by atoms with van der Waals surface area (Å²) in [5.74, 6) is 1.97. The molecule has 0 aromatic heterocycles. The molecule has 2 atom stereocenters. The number of hydrogen-bond acceptors (Lipinski definition) is 4. The average Bonchev–Trinajstić information content (AvgIpc) is 2.98. The van der Waals surface area contributed by atoms with E-state index in [1.165, 1.54) is 43.2 Å². The number of aliphatic hydroxyl groups is 1. The van der Waals surface area contributed by atoms with Gasteiger partial charge in [-0.25, -0.2) is 0 Å². The zero-order chi connectivity index (χ0) is 34.7. The minimum Gasteiger partial charge on any atom is -0.513 e. The second-order valence-corrected chi connectivity index (χ2v) is 13.9. The van der Waals surface area contributed by atoms with E-state index in [4.69, 9.17) is 6.42 Å². The number of carbonyl (C=O) groups excluding carboxylic acids is 2. The van der Waals surface area contributed by atoms with Gasteiger partial charge >= 0.3 is 0 Å². The standard InChI is InChI=1S/C23H40O3.C19H27N/c1-19(2)14-12-13-17-23(26)16-11-9-7-5-6-8-10-15-22(21(4)25)18-20(3)24;1-6-20-19(16(4)5)14-18-12-10-17(11-13-18)9-7-8-15(2)3/h8,10,19,22,24H,3,5-7,9,11-18H2,1-2,4H3;1,10-13,15,19-20H,4,7-9,14H2,2-3,5H3/b10-8+;. The molecule has 4 nitrogen and oxygen atoms in total. The average molecular weight is 634 g/mol. The van der Waals surface area contributed by atoms with E-state index in [-0.39, 0.29) is 23.5 Å². The quantitative estimate of drug-likeness (QED) is 0.0370. The van der Waals surface area contributed by atoms with Crippen molar-refractivity contribution in [1.82, 2.24) is 5.32 Å². The second-order valence-electron chi connectivity index (χ2n) is 13.9. The summed E-state index contributed by atoms with van der Waals surface area (Å²) in [5, 5.41) is 12.2. The van der Waals surface area contributed by atoms with Crippen molar-refractivity contribution in [2.45, 2.75) is 150 Å². The van der Waals surface area contributed by atoms with Gasteiger partial charge in [0.25, 0.3) is 0 Å². The maximum Gasteiger partial charge on any atom is 0.133 e. The van der Waals surface area contributed by atoms with E-state index >= 15 is 0 Å². The van der Waals surface area contributed by atoms with Crippen LogP contribution in [0, 0.1) is 30.2 Å². The minimum atomic E-state index is -0.157. The molecule has 0 aliphatic heterocycles. The molecular weight excluding hydrogens is 566 g/mol. The molecular formula is C42H67NO3. The van der Waals surface area contributed by atoms with Gasteiger partial charge in [0, 0.05) is 31.2 Å². The number of hydrogen-bond donors (Lipinski definition) is 2. The highest BCUT2D eigenvalue weighted by atomic mass is 16.3. The predicted octanol–water partition coefficient (Wildman–Crippen LogP) is 11.1. The molecule has 4 heteroatoms. The molecule has 0 radical (unpaired) electrons. The van der Waals surface area contributed by atoms with Crippen LogP contribution in [0.1, 0.15) is 143 Å². The summed E-state index contributed by atoms with van der Waals surface area (Å²) in [6.07, 6.45) is 25.5. The molecule has 0 aliphatic carbocycles. The lowest BCUT2D eigenvalue weighted by molar-refractivity contribution is -0.121. The molecule has 0 amide bonds. The van der Waals surface area contributed by atoms with E-state index in [1.54, 1.807) is 6.92 Å². The molecule has 1 aromatic rings. The van der Waals surface area contributed by atoms with Gasteiger partial charge in [-0.05, 0) is 88.2 Å². The van der Waals surface area contributed by atoms with E-state index in [0.717, 1.165) is 75.2 Å². The lowest BCUT2D eigenvalue weighted by atomic mass is 9.96. The molecule has 0 saturated heterocycles. The Hall–Kier alpha value is -3.06. The Morgan fingerprint density at radius 2 is 1.41 bits per heavy atom. The molecule has 0 spiro atoms. The summed E-state index contributed by atoms with van der Waals surface area (Å²) >= 11 is 0. The van der Waals surface area contributed by atoms with Gasteiger partial charge in [-0.3, -0.25) is 9.59 Å². The number of aryl methyl sites for hydroxylation is 1. The number of nitrogens with one attached hydrogen (secondary N) is 1. The fraction of sp³-hybridized carbons (Fsp3) is 0.619. The van der Waals surface area contributed by atoms with E-state index < -0.39 is 0 Å². The normalized spacial score (nSPS) is 12.3. The third-order valence-corrected chi connectivity index (χ3v) is 8.27. The molecule has 258 valence electrons. The first-order valence-corrected chi connectivity index (χ1v) is 17.8.